The minimum Gasteiger partial charge on any atom is -0.452 e. The van der Waals surface area contributed by atoms with Crippen molar-refractivity contribution in [1.29, 1.82) is 0 Å². The van der Waals surface area contributed by atoms with Gasteiger partial charge in [-0.05, 0) is 43.2 Å². The lowest BCUT2D eigenvalue weighted by molar-refractivity contribution is -0.119. The number of benzene rings is 2. The number of para-hydroxylation sites is 1. The summed E-state index contributed by atoms with van der Waals surface area (Å²) in [6.07, 6.45) is 0. The summed E-state index contributed by atoms with van der Waals surface area (Å²) in [5.74, 6) is -1.67. The molecule has 0 heterocycles. The first kappa shape index (κ1) is 15.7. The zero-order chi connectivity index (χ0) is 16.1. The maximum absolute atomic E-state index is 13.4. The summed E-state index contributed by atoms with van der Waals surface area (Å²) in [6, 6.07) is 11.3. The van der Waals surface area contributed by atoms with E-state index in [0.717, 1.165) is 11.6 Å². The first-order valence-electron chi connectivity index (χ1n) is 6.76. The monoisotopic (exact) mass is 301 g/mol. The van der Waals surface area contributed by atoms with Crippen LogP contribution in [0.15, 0.2) is 42.5 Å². The van der Waals surface area contributed by atoms with E-state index >= 15 is 0 Å². The van der Waals surface area contributed by atoms with Crippen LogP contribution >= 0.6 is 0 Å². The van der Waals surface area contributed by atoms with E-state index in [2.05, 4.69) is 5.32 Å². The van der Waals surface area contributed by atoms with Gasteiger partial charge < -0.3 is 10.1 Å². The highest BCUT2D eigenvalue weighted by molar-refractivity contribution is 5.95. The van der Waals surface area contributed by atoms with Crippen LogP contribution in [0, 0.1) is 19.7 Å². The number of aryl methyl sites for hydroxylation is 2. The standard InChI is InChI=1S/C17H16FNO3/c1-11-7-8-13(9-14(11)18)17(21)22-10-16(20)19-15-6-4-3-5-12(15)2/h3-9H,10H2,1-2H3,(H,19,20). The summed E-state index contributed by atoms with van der Waals surface area (Å²) in [5, 5.41) is 2.65. The van der Waals surface area contributed by atoms with Crippen LogP contribution in [-0.2, 0) is 9.53 Å². The van der Waals surface area contributed by atoms with Gasteiger partial charge in [0.25, 0.3) is 5.91 Å². The van der Waals surface area contributed by atoms with Gasteiger partial charge in [0.05, 0.1) is 5.56 Å². The van der Waals surface area contributed by atoms with Gasteiger partial charge in [-0.25, -0.2) is 9.18 Å². The Labute approximate surface area is 127 Å². The van der Waals surface area contributed by atoms with E-state index in [-0.39, 0.29) is 5.56 Å². The van der Waals surface area contributed by atoms with Crippen LogP contribution < -0.4 is 5.32 Å². The number of rotatable bonds is 4. The predicted molar refractivity (Wildman–Crippen MR) is 81.2 cm³/mol. The second-order valence-electron chi connectivity index (χ2n) is 4.90. The molecule has 2 rings (SSSR count). The van der Waals surface area contributed by atoms with Crippen LogP contribution in [0.2, 0.25) is 0 Å². The number of nitrogens with one attached hydrogen (secondary N) is 1. The van der Waals surface area contributed by atoms with E-state index in [1.165, 1.54) is 12.1 Å². The van der Waals surface area contributed by atoms with Crippen molar-refractivity contribution in [3.05, 3.63) is 65.0 Å². The van der Waals surface area contributed by atoms with Gasteiger partial charge in [-0.1, -0.05) is 24.3 Å². The molecule has 0 saturated heterocycles. The fourth-order valence-electron chi connectivity index (χ4n) is 1.83. The summed E-state index contributed by atoms with van der Waals surface area (Å²) in [7, 11) is 0. The second-order valence-corrected chi connectivity index (χ2v) is 4.90. The van der Waals surface area contributed by atoms with E-state index < -0.39 is 24.3 Å². The largest absolute Gasteiger partial charge is 0.452 e. The number of amides is 1. The van der Waals surface area contributed by atoms with Crippen LogP contribution in [0.5, 0.6) is 0 Å². The number of esters is 1. The van der Waals surface area contributed by atoms with Gasteiger partial charge in [-0.3, -0.25) is 4.79 Å². The topological polar surface area (TPSA) is 55.4 Å². The first-order valence-corrected chi connectivity index (χ1v) is 6.76. The van der Waals surface area contributed by atoms with Crippen molar-refractivity contribution >= 4 is 17.6 Å². The summed E-state index contributed by atoms with van der Waals surface area (Å²) in [6.45, 7) is 3.03. The molecule has 0 saturated carbocycles. The molecule has 1 amide bonds. The van der Waals surface area contributed by atoms with E-state index in [9.17, 15) is 14.0 Å². The Morgan fingerprint density at radius 3 is 2.50 bits per heavy atom. The molecule has 0 unspecified atom stereocenters. The number of hydrogen-bond acceptors (Lipinski definition) is 3. The number of carbonyl (C=O) groups excluding carboxylic acids is 2. The summed E-state index contributed by atoms with van der Waals surface area (Å²) < 4.78 is 18.3. The molecule has 1 N–H and O–H groups in total. The Balaban J connectivity index is 1.92. The zero-order valence-electron chi connectivity index (χ0n) is 12.4. The van der Waals surface area contributed by atoms with E-state index in [0.29, 0.717) is 11.3 Å². The normalized spacial score (nSPS) is 10.1. The highest BCUT2D eigenvalue weighted by Gasteiger charge is 2.12. The molecule has 2 aromatic carbocycles. The number of hydrogen-bond donors (Lipinski definition) is 1. The minimum absolute atomic E-state index is 0.0757. The SMILES string of the molecule is Cc1ccc(C(=O)OCC(=O)Nc2ccccc2C)cc1F. The molecule has 0 aliphatic heterocycles. The molecule has 0 bridgehead atoms. The third kappa shape index (κ3) is 3.91. The lowest BCUT2D eigenvalue weighted by atomic mass is 10.1. The highest BCUT2D eigenvalue weighted by Crippen LogP contribution is 2.13. The molecule has 0 aliphatic carbocycles. The van der Waals surface area contributed by atoms with Crippen molar-refractivity contribution in [2.45, 2.75) is 13.8 Å². The van der Waals surface area contributed by atoms with E-state index in [1.54, 1.807) is 19.1 Å². The third-order valence-electron chi connectivity index (χ3n) is 3.16. The van der Waals surface area contributed by atoms with Crippen molar-refractivity contribution in [2.75, 3.05) is 11.9 Å². The number of anilines is 1. The fraction of sp³-hybridized carbons (Fsp3) is 0.176. The minimum atomic E-state index is -0.737. The van der Waals surface area contributed by atoms with Gasteiger partial charge in [0.15, 0.2) is 6.61 Å². The molecule has 2 aromatic rings. The lowest BCUT2D eigenvalue weighted by Gasteiger charge is -2.09. The van der Waals surface area contributed by atoms with Gasteiger partial charge in [0.1, 0.15) is 5.82 Å². The Kier molecular flexibility index (Phi) is 4.88. The number of ether oxygens (including phenoxy) is 1. The van der Waals surface area contributed by atoms with Crippen LogP contribution in [0.25, 0.3) is 0 Å². The van der Waals surface area contributed by atoms with Crippen molar-refractivity contribution in [3.63, 3.8) is 0 Å². The molecule has 4 nitrogen and oxygen atoms in total. The Morgan fingerprint density at radius 2 is 1.82 bits per heavy atom. The fourth-order valence-corrected chi connectivity index (χ4v) is 1.83. The molecule has 0 atom stereocenters. The zero-order valence-corrected chi connectivity index (χ0v) is 12.4. The Morgan fingerprint density at radius 1 is 1.09 bits per heavy atom. The smallest absolute Gasteiger partial charge is 0.338 e. The maximum atomic E-state index is 13.4. The molecule has 0 spiro atoms. The first-order chi connectivity index (χ1) is 10.5. The third-order valence-corrected chi connectivity index (χ3v) is 3.16. The molecule has 0 radical (unpaired) electrons. The van der Waals surface area contributed by atoms with Crippen LogP contribution in [-0.4, -0.2) is 18.5 Å². The van der Waals surface area contributed by atoms with Crippen LogP contribution in [0.3, 0.4) is 0 Å². The Bertz CT molecular complexity index is 713. The number of halogens is 1. The van der Waals surface area contributed by atoms with Gasteiger partial charge >= 0.3 is 5.97 Å². The summed E-state index contributed by atoms with van der Waals surface area (Å²) >= 11 is 0. The number of carbonyl (C=O) groups is 2. The quantitative estimate of drug-likeness (QED) is 0.882. The molecular formula is C17H16FNO3. The predicted octanol–water partition coefficient (Wildman–Crippen LogP) is 3.24. The lowest BCUT2D eigenvalue weighted by Crippen LogP contribution is -2.21. The molecule has 22 heavy (non-hydrogen) atoms. The van der Waals surface area contributed by atoms with Gasteiger partial charge in [0, 0.05) is 5.69 Å². The van der Waals surface area contributed by atoms with Crippen molar-refractivity contribution < 1.29 is 18.7 Å². The van der Waals surface area contributed by atoms with Gasteiger partial charge in [-0.2, -0.15) is 0 Å². The molecule has 114 valence electrons. The Hall–Kier alpha value is -2.69. The molecular weight excluding hydrogens is 285 g/mol. The van der Waals surface area contributed by atoms with Crippen molar-refractivity contribution in [1.82, 2.24) is 0 Å². The second kappa shape index (κ2) is 6.85. The molecule has 0 aromatic heterocycles. The van der Waals surface area contributed by atoms with E-state index in [1.807, 2.05) is 19.1 Å². The van der Waals surface area contributed by atoms with Crippen LogP contribution in [0.1, 0.15) is 21.5 Å². The highest BCUT2D eigenvalue weighted by atomic mass is 19.1. The van der Waals surface area contributed by atoms with E-state index in [4.69, 9.17) is 4.74 Å². The molecule has 0 aliphatic rings. The van der Waals surface area contributed by atoms with Crippen LogP contribution in [0.4, 0.5) is 10.1 Å². The molecule has 5 heteroatoms. The summed E-state index contributed by atoms with van der Waals surface area (Å²) in [4.78, 5) is 23.5. The van der Waals surface area contributed by atoms with Gasteiger partial charge in [0.2, 0.25) is 0 Å². The van der Waals surface area contributed by atoms with Crippen molar-refractivity contribution in [2.24, 2.45) is 0 Å². The maximum Gasteiger partial charge on any atom is 0.338 e. The van der Waals surface area contributed by atoms with Gasteiger partial charge in [-0.15, -0.1) is 0 Å². The van der Waals surface area contributed by atoms with Crippen molar-refractivity contribution in [3.8, 4) is 0 Å². The summed E-state index contributed by atoms with van der Waals surface area (Å²) in [5.41, 5.74) is 2.08. The average molecular weight is 301 g/mol. The molecule has 0 fully saturated rings. The average Bonchev–Trinajstić information content (AvgIpc) is 2.50.